The molecule has 31 heavy (non-hydrogen) atoms. The molecule has 0 aliphatic rings. The molecule has 0 aliphatic carbocycles. The quantitative estimate of drug-likeness (QED) is 0.225. The molecule has 0 saturated carbocycles. The van der Waals surface area contributed by atoms with Gasteiger partial charge in [-0.05, 0) is 37.1 Å². The Bertz CT molecular complexity index is 925. The van der Waals surface area contributed by atoms with E-state index in [9.17, 15) is 14.7 Å². The van der Waals surface area contributed by atoms with Crippen molar-refractivity contribution in [3.8, 4) is 0 Å². The number of carbonyl (C=O) groups excluding carboxylic acids is 1. The third kappa shape index (κ3) is 7.36. The molecular formula is C21H27N7O3. The van der Waals surface area contributed by atoms with Crippen molar-refractivity contribution < 1.29 is 14.7 Å². The number of hydrogen-bond acceptors (Lipinski definition) is 6. The van der Waals surface area contributed by atoms with Gasteiger partial charge in [0.1, 0.15) is 17.7 Å². The van der Waals surface area contributed by atoms with Crippen LogP contribution >= 0.6 is 0 Å². The lowest BCUT2D eigenvalue weighted by Crippen LogP contribution is -2.41. The van der Waals surface area contributed by atoms with Crippen LogP contribution in [-0.4, -0.2) is 49.5 Å². The minimum absolute atomic E-state index is 0.334. The number of benzene rings is 1. The molecule has 1 amide bonds. The number of nitrogens with one attached hydrogen (secondary N) is 5. The summed E-state index contributed by atoms with van der Waals surface area (Å²) in [5.74, 6) is 0.235. The van der Waals surface area contributed by atoms with Gasteiger partial charge in [0.25, 0.3) is 5.91 Å². The summed E-state index contributed by atoms with van der Waals surface area (Å²) < 4.78 is 0. The van der Waals surface area contributed by atoms with Crippen LogP contribution in [0.3, 0.4) is 0 Å². The zero-order valence-corrected chi connectivity index (χ0v) is 17.1. The molecule has 0 saturated heterocycles. The zero-order chi connectivity index (χ0) is 21.9. The van der Waals surface area contributed by atoms with Gasteiger partial charge in [-0.15, -0.1) is 0 Å². The maximum Gasteiger partial charge on any atom is 0.326 e. The van der Waals surface area contributed by atoms with E-state index in [2.05, 4.69) is 35.9 Å². The number of aromatic nitrogens is 4. The van der Waals surface area contributed by atoms with Crippen LogP contribution in [0, 0.1) is 0 Å². The van der Waals surface area contributed by atoms with E-state index in [1.54, 1.807) is 36.9 Å². The smallest absolute Gasteiger partial charge is 0.326 e. The lowest BCUT2D eigenvalue weighted by Gasteiger charge is -2.15. The fraction of sp³-hybridized carbons (Fsp3) is 0.333. The monoisotopic (exact) mass is 425 g/mol. The zero-order valence-electron chi connectivity index (χ0n) is 17.1. The highest BCUT2D eigenvalue weighted by atomic mass is 16.4. The Morgan fingerprint density at radius 1 is 0.935 bits per heavy atom. The van der Waals surface area contributed by atoms with Crippen molar-refractivity contribution in [2.24, 2.45) is 0 Å². The van der Waals surface area contributed by atoms with Crippen LogP contribution in [0.15, 0.2) is 49.1 Å². The third-order valence-electron chi connectivity index (χ3n) is 4.69. The van der Waals surface area contributed by atoms with Gasteiger partial charge in [-0.2, -0.15) is 0 Å². The number of aromatic amines is 2. The summed E-state index contributed by atoms with van der Waals surface area (Å²) in [5.41, 5.74) is 1.44. The van der Waals surface area contributed by atoms with Crippen molar-refractivity contribution in [2.45, 2.75) is 38.5 Å². The van der Waals surface area contributed by atoms with Gasteiger partial charge in [-0.25, -0.2) is 14.8 Å². The van der Waals surface area contributed by atoms with Crippen molar-refractivity contribution in [1.82, 2.24) is 35.9 Å². The Labute approximate surface area is 179 Å². The first kappa shape index (κ1) is 22.2. The number of carboxylic acid groups (broad SMARTS) is 1. The van der Waals surface area contributed by atoms with Gasteiger partial charge in [0.2, 0.25) is 0 Å². The molecule has 0 radical (unpaired) electrons. The summed E-state index contributed by atoms with van der Waals surface area (Å²) in [6.07, 6.45) is 7.84. The van der Waals surface area contributed by atoms with Crippen molar-refractivity contribution in [1.29, 1.82) is 0 Å². The minimum Gasteiger partial charge on any atom is -0.480 e. The average molecular weight is 425 g/mol. The SMILES string of the molecule is O=C(NC(CCCNCc1ncc[nH]1)C(=O)O)c1ccc(CNCc2ncc[nH]2)cc1. The molecule has 0 bridgehead atoms. The Hall–Kier alpha value is -3.50. The van der Waals surface area contributed by atoms with Gasteiger partial charge in [0.15, 0.2) is 0 Å². The van der Waals surface area contributed by atoms with Crippen LogP contribution in [-0.2, 0) is 24.4 Å². The van der Waals surface area contributed by atoms with Crippen LogP contribution in [0.25, 0.3) is 0 Å². The molecule has 164 valence electrons. The van der Waals surface area contributed by atoms with Crippen LogP contribution in [0.1, 0.15) is 40.4 Å². The lowest BCUT2D eigenvalue weighted by atomic mass is 10.1. The molecule has 1 aromatic carbocycles. The largest absolute Gasteiger partial charge is 0.480 e. The fourth-order valence-electron chi connectivity index (χ4n) is 3.03. The third-order valence-corrected chi connectivity index (χ3v) is 4.69. The van der Waals surface area contributed by atoms with E-state index in [-0.39, 0.29) is 0 Å². The van der Waals surface area contributed by atoms with E-state index in [0.717, 1.165) is 17.2 Å². The predicted molar refractivity (Wildman–Crippen MR) is 114 cm³/mol. The number of amides is 1. The van der Waals surface area contributed by atoms with Gasteiger partial charge >= 0.3 is 5.97 Å². The highest BCUT2D eigenvalue weighted by molar-refractivity contribution is 5.96. The number of aliphatic carboxylic acids is 1. The van der Waals surface area contributed by atoms with Crippen LogP contribution < -0.4 is 16.0 Å². The number of rotatable bonds is 13. The first-order chi connectivity index (χ1) is 15.1. The Kier molecular flexibility index (Phi) is 8.32. The number of imidazole rings is 2. The number of carbonyl (C=O) groups is 2. The number of carboxylic acids is 1. The average Bonchev–Trinajstić information content (AvgIpc) is 3.47. The molecule has 0 spiro atoms. The summed E-state index contributed by atoms with van der Waals surface area (Å²) in [7, 11) is 0. The van der Waals surface area contributed by atoms with Crippen molar-refractivity contribution in [3.05, 3.63) is 71.8 Å². The Balaban J connectivity index is 1.40. The molecule has 0 aliphatic heterocycles. The highest BCUT2D eigenvalue weighted by Crippen LogP contribution is 2.07. The van der Waals surface area contributed by atoms with E-state index >= 15 is 0 Å². The van der Waals surface area contributed by atoms with Crippen LogP contribution in [0.2, 0.25) is 0 Å². The topological polar surface area (TPSA) is 148 Å². The molecule has 2 aromatic heterocycles. The summed E-state index contributed by atoms with van der Waals surface area (Å²) in [4.78, 5) is 38.2. The van der Waals surface area contributed by atoms with Gasteiger partial charge < -0.3 is 31.0 Å². The van der Waals surface area contributed by atoms with E-state index < -0.39 is 17.9 Å². The van der Waals surface area contributed by atoms with E-state index in [4.69, 9.17) is 0 Å². The van der Waals surface area contributed by atoms with Gasteiger partial charge in [-0.1, -0.05) is 12.1 Å². The molecule has 3 aromatic rings. The van der Waals surface area contributed by atoms with E-state index in [1.807, 2.05) is 12.1 Å². The maximum absolute atomic E-state index is 12.5. The van der Waals surface area contributed by atoms with Gasteiger partial charge in [-0.3, -0.25) is 4.79 Å². The lowest BCUT2D eigenvalue weighted by molar-refractivity contribution is -0.139. The van der Waals surface area contributed by atoms with Crippen molar-refractivity contribution >= 4 is 11.9 Å². The molecule has 6 N–H and O–H groups in total. The van der Waals surface area contributed by atoms with E-state index in [1.165, 1.54) is 0 Å². The molecule has 1 unspecified atom stereocenters. The van der Waals surface area contributed by atoms with E-state index in [0.29, 0.717) is 44.6 Å². The predicted octanol–water partition coefficient (Wildman–Crippen LogP) is 1.18. The highest BCUT2D eigenvalue weighted by Gasteiger charge is 2.20. The van der Waals surface area contributed by atoms with Gasteiger partial charge in [0.05, 0.1) is 13.1 Å². The fourth-order valence-corrected chi connectivity index (χ4v) is 3.03. The number of H-pyrrole nitrogens is 2. The molecule has 10 nitrogen and oxygen atoms in total. The maximum atomic E-state index is 12.5. The molecule has 0 fully saturated rings. The minimum atomic E-state index is -1.04. The molecule has 2 heterocycles. The Morgan fingerprint density at radius 2 is 1.58 bits per heavy atom. The standard InChI is InChI=1S/C21H27N7O3/c29-20(16-5-3-15(4-6-16)12-23-14-19-26-10-11-27-19)28-17(21(30)31)2-1-7-22-13-18-24-8-9-25-18/h3-6,8-11,17,22-23H,1-2,7,12-14H2,(H,24,25)(H,26,27)(H,28,29)(H,30,31). The number of nitrogens with zero attached hydrogens (tertiary/aromatic N) is 2. The Morgan fingerprint density at radius 3 is 2.16 bits per heavy atom. The first-order valence-electron chi connectivity index (χ1n) is 10.1. The normalized spacial score (nSPS) is 11.9. The van der Waals surface area contributed by atoms with Crippen LogP contribution in [0.5, 0.6) is 0 Å². The summed E-state index contributed by atoms with van der Waals surface area (Å²) >= 11 is 0. The van der Waals surface area contributed by atoms with Gasteiger partial charge in [0, 0.05) is 36.9 Å². The summed E-state index contributed by atoms with van der Waals surface area (Å²) in [6.45, 7) is 2.46. The first-order valence-corrected chi connectivity index (χ1v) is 10.1. The second-order valence-electron chi connectivity index (χ2n) is 7.06. The second kappa shape index (κ2) is 11.6. The second-order valence-corrected chi connectivity index (χ2v) is 7.06. The summed E-state index contributed by atoms with van der Waals surface area (Å²) in [6, 6.07) is 6.15. The van der Waals surface area contributed by atoms with Crippen molar-refractivity contribution in [3.63, 3.8) is 0 Å². The molecular weight excluding hydrogens is 398 g/mol. The van der Waals surface area contributed by atoms with Crippen molar-refractivity contribution in [2.75, 3.05) is 6.54 Å². The molecule has 3 rings (SSSR count). The number of hydrogen-bond donors (Lipinski definition) is 6. The molecule has 1 atom stereocenters. The molecule has 10 heteroatoms. The summed E-state index contributed by atoms with van der Waals surface area (Å²) in [5, 5.41) is 18.5. The van der Waals surface area contributed by atoms with Crippen LogP contribution in [0.4, 0.5) is 0 Å².